The molecule has 2 aromatic rings. The van der Waals surface area contributed by atoms with Gasteiger partial charge in [0.2, 0.25) is 0 Å². The normalized spacial score (nSPS) is 20.4. The van der Waals surface area contributed by atoms with Crippen LogP contribution in [0.25, 0.3) is 10.2 Å². The van der Waals surface area contributed by atoms with Gasteiger partial charge in [-0.1, -0.05) is 22.9 Å². The number of hydrogen-bond donors (Lipinski definition) is 1. The molecule has 2 heterocycles. The lowest BCUT2D eigenvalue weighted by atomic mass is 10.3. The lowest BCUT2D eigenvalue weighted by Crippen LogP contribution is -2.18. The highest BCUT2D eigenvalue weighted by Crippen LogP contribution is 2.28. The average Bonchev–Trinajstić information content (AvgIpc) is 2.86. The summed E-state index contributed by atoms with van der Waals surface area (Å²) in [4.78, 5) is 4.50. The molecule has 1 unspecified atom stereocenters. The summed E-state index contributed by atoms with van der Waals surface area (Å²) in [5, 5.41) is 5.07. The van der Waals surface area contributed by atoms with Crippen molar-refractivity contribution >= 4 is 38.3 Å². The van der Waals surface area contributed by atoms with Crippen LogP contribution in [-0.2, 0) is 4.74 Å². The molecule has 0 amide bonds. The van der Waals surface area contributed by atoms with Crippen LogP contribution in [-0.4, -0.2) is 24.2 Å². The molecule has 1 atom stereocenters. The fourth-order valence-corrected chi connectivity index (χ4v) is 2.87. The van der Waals surface area contributed by atoms with Crippen LogP contribution in [0, 0.1) is 0 Å². The summed E-state index contributed by atoms with van der Waals surface area (Å²) in [7, 11) is 0. The SMILES string of the molecule is Clc1ccc2sc(NC3CCOC3)nc2c1. The maximum absolute atomic E-state index is 5.92. The zero-order valence-electron chi connectivity index (χ0n) is 8.57. The summed E-state index contributed by atoms with van der Waals surface area (Å²) in [5.74, 6) is 0. The number of fused-ring (bicyclic) bond motifs is 1. The first kappa shape index (κ1) is 10.3. The molecule has 16 heavy (non-hydrogen) atoms. The molecule has 0 bridgehead atoms. The maximum Gasteiger partial charge on any atom is 0.184 e. The van der Waals surface area contributed by atoms with Gasteiger partial charge in [0, 0.05) is 11.6 Å². The van der Waals surface area contributed by atoms with Crippen LogP contribution in [0.3, 0.4) is 0 Å². The van der Waals surface area contributed by atoms with E-state index in [-0.39, 0.29) is 0 Å². The fourth-order valence-electron chi connectivity index (χ4n) is 1.79. The Labute approximate surface area is 102 Å². The monoisotopic (exact) mass is 254 g/mol. The van der Waals surface area contributed by atoms with Crippen LogP contribution < -0.4 is 5.32 Å². The quantitative estimate of drug-likeness (QED) is 0.894. The van der Waals surface area contributed by atoms with Gasteiger partial charge >= 0.3 is 0 Å². The number of rotatable bonds is 2. The first-order valence-corrected chi connectivity index (χ1v) is 6.41. The highest BCUT2D eigenvalue weighted by atomic mass is 35.5. The minimum absolute atomic E-state index is 0.399. The van der Waals surface area contributed by atoms with E-state index in [1.54, 1.807) is 11.3 Å². The molecule has 1 aromatic carbocycles. The van der Waals surface area contributed by atoms with Crippen molar-refractivity contribution in [1.29, 1.82) is 0 Å². The molecule has 0 aliphatic carbocycles. The minimum atomic E-state index is 0.399. The zero-order valence-corrected chi connectivity index (χ0v) is 10.1. The Kier molecular flexibility index (Phi) is 2.71. The molecule has 1 N–H and O–H groups in total. The first-order chi connectivity index (χ1) is 7.81. The molecular weight excluding hydrogens is 244 g/mol. The van der Waals surface area contributed by atoms with Crippen molar-refractivity contribution in [1.82, 2.24) is 4.98 Å². The van der Waals surface area contributed by atoms with E-state index in [1.165, 1.54) is 0 Å². The van der Waals surface area contributed by atoms with Gasteiger partial charge in [0.25, 0.3) is 0 Å². The van der Waals surface area contributed by atoms with E-state index in [0.717, 1.165) is 40.0 Å². The van der Waals surface area contributed by atoms with Gasteiger partial charge in [0.05, 0.1) is 22.9 Å². The Morgan fingerprint density at radius 1 is 1.50 bits per heavy atom. The highest BCUT2D eigenvalue weighted by molar-refractivity contribution is 7.22. The van der Waals surface area contributed by atoms with E-state index >= 15 is 0 Å². The second-order valence-electron chi connectivity index (χ2n) is 3.84. The van der Waals surface area contributed by atoms with E-state index in [1.807, 2.05) is 18.2 Å². The summed E-state index contributed by atoms with van der Waals surface area (Å²) < 4.78 is 6.47. The Balaban J connectivity index is 1.86. The maximum atomic E-state index is 5.92. The molecule has 5 heteroatoms. The number of benzene rings is 1. The molecule has 0 spiro atoms. The average molecular weight is 255 g/mol. The molecule has 0 saturated carbocycles. The summed E-state index contributed by atoms with van der Waals surface area (Å²) in [5.41, 5.74) is 0.957. The van der Waals surface area contributed by atoms with Crippen molar-refractivity contribution in [3.05, 3.63) is 23.2 Å². The topological polar surface area (TPSA) is 34.1 Å². The molecule has 1 aliphatic rings. The number of aromatic nitrogens is 1. The lowest BCUT2D eigenvalue weighted by Gasteiger charge is -2.07. The van der Waals surface area contributed by atoms with Crippen molar-refractivity contribution in [2.24, 2.45) is 0 Å². The second kappa shape index (κ2) is 4.20. The number of thiazole rings is 1. The molecule has 3 rings (SSSR count). The van der Waals surface area contributed by atoms with E-state index in [2.05, 4.69) is 10.3 Å². The third kappa shape index (κ3) is 2.00. The molecular formula is C11H11ClN2OS. The number of ether oxygens (including phenoxy) is 1. The van der Waals surface area contributed by atoms with Gasteiger partial charge in [0.15, 0.2) is 5.13 Å². The Morgan fingerprint density at radius 2 is 2.44 bits per heavy atom. The highest BCUT2D eigenvalue weighted by Gasteiger charge is 2.16. The molecule has 1 aromatic heterocycles. The Morgan fingerprint density at radius 3 is 3.25 bits per heavy atom. The number of hydrogen-bond acceptors (Lipinski definition) is 4. The zero-order chi connectivity index (χ0) is 11.0. The van der Waals surface area contributed by atoms with Crippen LogP contribution in [0.4, 0.5) is 5.13 Å². The predicted octanol–water partition coefficient (Wildman–Crippen LogP) is 3.15. The van der Waals surface area contributed by atoms with Gasteiger partial charge in [-0.3, -0.25) is 0 Å². The smallest absolute Gasteiger partial charge is 0.184 e. The van der Waals surface area contributed by atoms with E-state index in [9.17, 15) is 0 Å². The van der Waals surface area contributed by atoms with Crippen LogP contribution in [0.2, 0.25) is 5.02 Å². The number of nitrogens with zero attached hydrogens (tertiary/aromatic N) is 1. The molecule has 0 radical (unpaired) electrons. The summed E-state index contributed by atoms with van der Waals surface area (Å²) >= 11 is 7.58. The van der Waals surface area contributed by atoms with Gasteiger partial charge in [-0.05, 0) is 24.6 Å². The Bertz CT molecular complexity index is 508. The minimum Gasteiger partial charge on any atom is -0.379 e. The van der Waals surface area contributed by atoms with Gasteiger partial charge in [-0.25, -0.2) is 4.98 Å². The number of halogens is 1. The summed E-state index contributed by atoms with van der Waals surface area (Å²) in [6, 6.07) is 6.19. The van der Waals surface area contributed by atoms with Crippen molar-refractivity contribution in [3.63, 3.8) is 0 Å². The first-order valence-electron chi connectivity index (χ1n) is 5.21. The summed E-state index contributed by atoms with van der Waals surface area (Å²) in [6.07, 6.45) is 1.05. The van der Waals surface area contributed by atoms with E-state index in [0.29, 0.717) is 6.04 Å². The van der Waals surface area contributed by atoms with Crippen LogP contribution in [0.1, 0.15) is 6.42 Å². The van der Waals surface area contributed by atoms with Gasteiger partial charge in [0.1, 0.15) is 0 Å². The van der Waals surface area contributed by atoms with Crippen LogP contribution in [0.5, 0.6) is 0 Å². The van der Waals surface area contributed by atoms with Crippen LogP contribution in [0.15, 0.2) is 18.2 Å². The van der Waals surface area contributed by atoms with Crippen LogP contribution >= 0.6 is 22.9 Å². The number of anilines is 1. The third-order valence-electron chi connectivity index (χ3n) is 2.61. The predicted molar refractivity (Wildman–Crippen MR) is 67.5 cm³/mol. The van der Waals surface area contributed by atoms with E-state index in [4.69, 9.17) is 16.3 Å². The van der Waals surface area contributed by atoms with E-state index < -0.39 is 0 Å². The van der Waals surface area contributed by atoms with Crippen molar-refractivity contribution in [3.8, 4) is 0 Å². The van der Waals surface area contributed by atoms with Crippen molar-refractivity contribution in [2.75, 3.05) is 18.5 Å². The molecule has 1 aliphatic heterocycles. The van der Waals surface area contributed by atoms with Gasteiger partial charge in [-0.15, -0.1) is 0 Å². The van der Waals surface area contributed by atoms with Crippen molar-refractivity contribution in [2.45, 2.75) is 12.5 Å². The second-order valence-corrected chi connectivity index (χ2v) is 5.30. The molecule has 84 valence electrons. The molecule has 1 saturated heterocycles. The largest absolute Gasteiger partial charge is 0.379 e. The van der Waals surface area contributed by atoms with Gasteiger partial charge < -0.3 is 10.1 Å². The molecule has 3 nitrogen and oxygen atoms in total. The Hall–Kier alpha value is -0.840. The summed E-state index contributed by atoms with van der Waals surface area (Å²) in [6.45, 7) is 1.62. The third-order valence-corrected chi connectivity index (χ3v) is 3.81. The van der Waals surface area contributed by atoms with Crippen molar-refractivity contribution < 1.29 is 4.74 Å². The fraction of sp³-hybridized carbons (Fsp3) is 0.364. The van der Waals surface area contributed by atoms with Gasteiger partial charge in [-0.2, -0.15) is 0 Å². The number of nitrogens with one attached hydrogen (secondary N) is 1. The molecule has 1 fully saturated rings. The lowest BCUT2D eigenvalue weighted by molar-refractivity contribution is 0.195. The standard InChI is InChI=1S/C11H11ClN2OS/c12-7-1-2-10-9(5-7)14-11(16-10)13-8-3-4-15-6-8/h1-2,5,8H,3-4,6H2,(H,13,14).